The minimum absolute atomic E-state index is 0.137. The molecule has 0 amide bonds. The van der Waals surface area contributed by atoms with Crippen molar-refractivity contribution in [3.05, 3.63) is 57.8 Å². The van der Waals surface area contributed by atoms with Gasteiger partial charge in [0, 0.05) is 11.8 Å². The molecule has 0 fully saturated rings. The van der Waals surface area contributed by atoms with Crippen LogP contribution in [0.25, 0.3) is 16.9 Å². The van der Waals surface area contributed by atoms with Crippen LogP contribution in [0, 0.1) is 12.7 Å². The molecule has 3 aromatic rings. The zero-order valence-electron chi connectivity index (χ0n) is 11.6. The molecule has 0 radical (unpaired) electrons. The van der Waals surface area contributed by atoms with Crippen LogP contribution in [0.4, 0.5) is 4.39 Å². The van der Waals surface area contributed by atoms with E-state index in [2.05, 4.69) is 10.1 Å². The van der Waals surface area contributed by atoms with Crippen molar-refractivity contribution in [2.75, 3.05) is 0 Å². The molecule has 0 aliphatic carbocycles. The fraction of sp³-hybridized carbons (Fsp3) is 0.133. The number of carbonyl (C=O) groups is 1. The molecule has 0 aliphatic rings. The number of carboxylic acids is 1. The quantitative estimate of drug-likeness (QED) is 0.771. The Morgan fingerprint density at radius 3 is 2.68 bits per heavy atom. The van der Waals surface area contributed by atoms with Crippen LogP contribution in [0.1, 0.15) is 11.3 Å². The summed E-state index contributed by atoms with van der Waals surface area (Å²) in [5.41, 5.74) is 1.75. The molecule has 0 aliphatic heterocycles. The molecule has 2 aromatic heterocycles. The number of aliphatic carboxylic acids is 1. The average Bonchev–Trinajstić information content (AvgIpc) is 2.88. The lowest BCUT2D eigenvalue weighted by Crippen LogP contribution is -2.23. The number of nitrogens with zero attached hydrogens (tertiary/aromatic N) is 2. The molecule has 0 atom stereocenters. The van der Waals surface area contributed by atoms with Crippen LogP contribution in [0.3, 0.4) is 0 Å². The molecule has 22 heavy (non-hydrogen) atoms. The van der Waals surface area contributed by atoms with E-state index in [1.54, 1.807) is 25.1 Å². The maximum Gasteiger partial charge on any atom is 0.308 e. The fourth-order valence-corrected chi connectivity index (χ4v) is 2.30. The predicted molar refractivity (Wildman–Crippen MR) is 77.3 cm³/mol. The van der Waals surface area contributed by atoms with Crippen molar-refractivity contribution in [2.45, 2.75) is 13.3 Å². The highest BCUT2D eigenvalue weighted by Crippen LogP contribution is 2.19. The summed E-state index contributed by atoms with van der Waals surface area (Å²) >= 11 is 0. The lowest BCUT2D eigenvalue weighted by Gasteiger charge is -2.02. The monoisotopic (exact) mass is 301 g/mol. The van der Waals surface area contributed by atoms with Gasteiger partial charge in [0.2, 0.25) is 0 Å². The first-order valence-electron chi connectivity index (χ1n) is 6.54. The molecule has 6 nitrogen and oxygen atoms in total. The van der Waals surface area contributed by atoms with Crippen LogP contribution in [-0.2, 0) is 11.2 Å². The van der Waals surface area contributed by atoms with Gasteiger partial charge in [0.05, 0.1) is 17.7 Å². The Morgan fingerprint density at radius 1 is 1.36 bits per heavy atom. The summed E-state index contributed by atoms with van der Waals surface area (Å²) in [5, 5.41) is 11.7. The first-order chi connectivity index (χ1) is 10.5. The third-order valence-corrected chi connectivity index (χ3v) is 3.40. The molecule has 112 valence electrons. The SMILES string of the molecule is Cc1nc2cc(-c3ccc(F)cc3)[nH]n2c(=O)c1CC(=O)O. The second kappa shape index (κ2) is 5.10. The molecule has 2 N–H and O–H groups in total. The van der Waals surface area contributed by atoms with E-state index < -0.39 is 11.5 Å². The highest BCUT2D eigenvalue weighted by molar-refractivity contribution is 5.71. The maximum atomic E-state index is 13.0. The van der Waals surface area contributed by atoms with Crippen LogP contribution in [0.15, 0.2) is 35.1 Å². The number of hydrogen-bond acceptors (Lipinski definition) is 3. The average molecular weight is 301 g/mol. The minimum atomic E-state index is -1.09. The van der Waals surface area contributed by atoms with Crippen LogP contribution in [0.5, 0.6) is 0 Å². The van der Waals surface area contributed by atoms with Crippen molar-refractivity contribution in [3.8, 4) is 11.3 Å². The predicted octanol–water partition coefficient (Wildman–Crippen LogP) is 1.76. The van der Waals surface area contributed by atoms with Crippen molar-refractivity contribution in [1.82, 2.24) is 14.6 Å². The van der Waals surface area contributed by atoms with E-state index in [0.29, 0.717) is 22.6 Å². The van der Waals surface area contributed by atoms with Crippen LogP contribution in [-0.4, -0.2) is 25.7 Å². The van der Waals surface area contributed by atoms with E-state index in [1.807, 2.05) is 0 Å². The Morgan fingerprint density at radius 2 is 2.05 bits per heavy atom. The van der Waals surface area contributed by atoms with Crippen molar-refractivity contribution in [1.29, 1.82) is 0 Å². The fourth-order valence-electron chi connectivity index (χ4n) is 2.30. The van der Waals surface area contributed by atoms with Gasteiger partial charge in [0.25, 0.3) is 5.56 Å². The molecule has 3 rings (SSSR count). The highest BCUT2D eigenvalue weighted by atomic mass is 19.1. The lowest BCUT2D eigenvalue weighted by atomic mass is 10.1. The number of rotatable bonds is 3. The van der Waals surface area contributed by atoms with Crippen molar-refractivity contribution >= 4 is 11.6 Å². The van der Waals surface area contributed by atoms with E-state index >= 15 is 0 Å². The van der Waals surface area contributed by atoms with Gasteiger partial charge < -0.3 is 5.11 Å². The number of aromatic amines is 1. The van der Waals surface area contributed by atoms with Crippen LogP contribution >= 0.6 is 0 Å². The van der Waals surface area contributed by atoms with E-state index in [1.165, 1.54) is 16.6 Å². The molecule has 1 aromatic carbocycles. The second-order valence-electron chi connectivity index (χ2n) is 4.92. The number of fused-ring (bicyclic) bond motifs is 1. The van der Waals surface area contributed by atoms with E-state index in [9.17, 15) is 14.0 Å². The Balaban J connectivity index is 2.18. The van der Waals surface area contributed by atoms with Crippen molar-refractivity contribution in [2.24, 2.45) is 0 Å². The Kier molecular flexibility index (Phi) is 3.25. The molecule has 0 unspecified atom stereocenters. The summed E-state index contributed by atoms with van der Waals surface area (Å²) in [4.78, 5) is 27.4. The summed E-state index contributed by atoms with van der Waals surface area (Å²) < 4.78 is 14.2. The third-order valence-electron chi connectivity index (χ3n) is 3.40. The summed E-state index contributed by atoms with van der Waals surface area (Å²) in [7, 11) is 0. The topological polar surface area (TPSA) is 87.5 Å². The van der Waals surface area contributed by atoms with Gasteiger partial charge >= 0.3 is 5.97 Å². The number of aryl methyl sites for hydroxylation is 1. The van der Waals surface area contributed by atoms with Gasteiger partial charge in [-0.2, -0.15) is 0 Å². The number of hydrogen-bond donors (Lipinski definition) is 2. The van der Waals surface area contributed by atoms with Crippen molar-refractivity contribution in [3.63, 3.8) is 0 Å². The molecule has 7 heteroatoms. The largest absolute Gasteiger partial charge is 0.481 e. The molecule has 2 heterocycles. The number of nitrogens with one attached hydrogen (secondary N) is 1. The van der Waals surface area contributed by atoms with Crippen LogP contribution < -0.4 is 5.56 Å². The Labute approximate surface area is 123 Å². The first-order valence-corrected chi connectivity index (χ1v) is 6.54. The van der Waals surface area contributed by atoms with Gasteiger partial charge in [-0.15, -0.1) is 0 Å². The standard InChI is InChI=1S/C15H12FN3O3/c1-8-11(6-14(20)21)15(22)19-13(17-8)7-12(18-19)9-2-4-10(16)5-3-9/h2-5,7,18H,6H2,1H3,(H,20,21). The van der Waals surface area contributed by atoms with Crippen molar-refractivity contribution < 1.29 is 14.3 Å². The second-order valence-corrected chi connectivity index (χ2v) is 4.92. The normalized spacial score (nSPS) is 11.0. The summed E-state index contributed by atoms with van der Waals surface area (Å²) in [6, 6.07) is 7.45. The summed E-state index contributed by atoms with van der Waals surface area (Å²) in [6.07, 6.45) is -0.383. The minimum Gasteiger partial charge on any atom is -0.481 e. The molecular formula is C15H12FN3O3. The molecule has 0 bridgehead atoms. The first kappa shape index (κ1) is 14.0. The highest BCUT2D eigenvalue weighted by Gasteiger charge is 2.15. The number of aromatic nitrogens is 3. The van der Waals surface area contributed by atoms with Gasteiger partial charge in [-0.05, 0) is 36.8 Å². The number of halogens is 1. The third kappa shape index (κ3) is 2.37. The van der Waals surface area contributed by atoms with Gasteiger partial charge in [0.15, 0.2) is 5.65 Å². The molecule has 0 saturated heterocycles. The number of H-pyrrole nitrogens is 1. The number of benzene rings is 1. The molecular weight excluding hydrogens is 289 g/mol. The summed E-state index contributed by atoms with van der Waals surface area (Å²) in [5.74, 6) is -1.44. The van der Waals surface area contributed by atoms with E-state index in [0.717, 1.165) is 0 Å². The summed E-state index contributed by atoms with van der Waals surface area (Å²) in [6.45, 7) is 1.60. The van der Waals surface area contributed by atoms with Crippen LogP contribution in [0.2, 0.25) is 0 Å². The van der Waals surface area contributed by atoms with Gasteiger partial charge in [0.1, 0.15) is 5.82 Å². The zero-order valence-corrected chi connectivity index (χ0v) is 11.6. The Hall–Kier alpha value is -2.96. The van der Waals surface area contributed by atoms with E-state index in [4.69, 9.17) is 5.11 Å². The Bertz CT molecular complexity index is 926. The maximum absolute atomic E-state index is 13.0. The zero-order chi connectivity index (χ0) is 15.9. The molecule has 0 spiro atoms. The van der Waals surface area contributed by atoms with Gasteiger partial charge in [-0.25, -0.2) is 13.9 Å². The number of carboxylic acid groups (broad SMARTS) is 1. The smallest absolute Gasteiger partial charge is 0.308 e. The van der Waals surface area contributed by atoms with Gasteiger partial charge in [-0.3, -0.25) is 14.7 Å². The van der Waals surface area contributed by atoms with E-state index in [-0.39, 0.29) is 17.8 Å². The lowest BCUT2D eigenvalue weighted by molar-refractivity contribution is -0.136. The van der Waals surface area contributed by atoms with Gasteiger partial charge in [-0.1, -0.05) is 0 Å². The molecule has 0 saturated carbocycles.